The molecule has 0 unspecified atom stereocenters. The minimum atomic E-state index is -0.717. The van der Waals surface area contributed by atoms with Crippen LogP contribution in [0.3, 0.4) is 0 Å². The van der Waals surface area contributed by atoms with Crippen molar-refractivity contribution in [2.45, 2.75) is 13.3 Å². The zero-order chi connectivity index (χ0) is 14.0. The number of imide groups is 1. The smallest absolute Gasteiger partial charge is 0.268 e. The molecule has 1 aromatic rings. The van der Waals surface area contributed by atoms with E-state index in [9.17, 15) is 19.5 Å². The lowest BCUT2D eigenvalue weighted by molar-refractivity contribution is -0.139. The van der Waals surface area contributed by atoms with Crippen LogP contribution in [-0.4, -0.2) is 34.1 Å². The zero-order valence-corrected chi connectivity index (χ0v) is 10.4. The molecular weight excluding hydrogens is 246 g/mol. The van der Waals surface area contributed by atoms with E-state index in [0.717, 1.165) is 10.5 Å². The largest absolute Gasteiger partial charge is 0.511 e. The van der Waals surface area contributed by atoms with Crippen molar-refractivity contribution in [1.29, 1.82) is 0 Å². The van der Waals surface area contributed by atoms with Gasteiger partial charge in [-0.3, -0.25) is 19.3 Å². The van der Waals surface area contributed by atoms with E-state index >= 15 is 0 Å². The molecule has 98 valence electrons. The minimum absolute atomic E-state index is 0.0966. The van der Waals surface area contributed by atoms with E-state index in [1.165, 1.54) is 6.92 Å². The molecule has 1 fully saturated rings. The van der Waals surface area contributed by atoms with Gasteiger partial charge in [0.1, 0.15) is 11.3 Å². The molecule has 0 radical (unpaired) electrons. The fourth-order valence-corrected chi connectivity index (χ4v) is 1.96. The number of hydrogen-bond donors (Lipinski definition) is 1. The fraction of sp³-hybridized carbons (Fsp3) is 0.214. The molecule has 5 heteroatoms. The van der Waals surface area contributed by atoms with Gasteiger partial charge in [0.05, 0.1) is 6.54 Å². The zero-order valence-electron chi connectivity index (χ0n) is 10.4. The van der Waals surface area contributed by atoms with Crippen LogP contribution in [0, 0.1) is 0 Å². The lowest BCUT2D eigenvalue weighted by Crippen LogP contribution is -2.30. The normalized spacial score (nSPS) is 17.8. The molecule has 0 bridgehead atoms. The molecule has 0 spiro atoms. The third-order valence-electron chi connectivity index (χ3n) is 2.92. The summed E-state index contributed by atoms with van der Waals surface area (Å²) in [5.74, 6) is -2.02. The third kappa shape index (κ3) is 2.54. The number of aliphatic hydroxyl groups is 1. The number of benzene rings is 1. The summed E-state index contributed by atoms with van der Waals surface area (Å²) in [5, 5.41) is 9.94. The van der Waals surface area contributed by atoms with E-state index < -0.39 is 17.6 Å². The number of amides is 2. The molecule has 0 atom stereocenters. The van der Waals surface area contributed by atoms with E-state index in [-0.39, 0.29) is 24.3 Å². The molecule has 1 N–H and O–H groups in total. The van der Waals surface area contributed by atoms with Crippen LogP contribution in [-0.2, 0) is 20.8 Å². The molecule has 5 nitrogen and oxygen atoms in total. The van der Waals surface area contributed by atoms with Gasteiger partial charge in [-0.1, -0.05) is 30.3 Å². The summed E-state index contributed by atoms with van der Waals surface area (Å²) in [6.07, 6.45) is 0.0966. The SMILES string of the molecule is CC(=O)N1CC(=O)/C(=C(\O)Cc2ccccc2)C1=O. The van der Waals surface area contributed by atoms with Gasteiger partial charge in [-0.2, -0.15) is 0 Å². The van der Waals surface area contributed by atoms with Gasteiger partial charge in [-0.15, -0.1) is 0 Å². The molecule has 1 aliphatic rings. The predicted octanol–water partition coefficient (Wildman–Crippen LogP) is 0.999. The van der Waals surface area contributed by atoms with Crippen LogP contribution >= 0.6 is 0 Å². The molecule has 1 saturated heterocycles. The number of hydrogen-bond acceptors (Lipinski definition) is 4. The van der Waals surface area contributed by atoms with Gasteiger partial charge in [-0.05, 0) is 5.56 Å². The number of rotatable bonds is 2. The van der Waals surface area contributed by atoms with E-state index in [1.807, 2.05) is 6.07 Å². The maximum absolute atomic E-state index is 11.9. The highest BCUT2D eigenvalue weighted by atomic mass is 16.3. The maximum atomic E-state index is 11.9. The first-order chi connectivity index (χ1) is 9.00. The van der Waals surface area contributed by atoms with Crippen LogP contribution in [0.15, 0.2) is 41.7 Å². The van der Waals surface area contributed by atoms with Crippen molar-refractivity contribution in [3.63, 3.8) is 0 Å². The number of Topliss-reactive ketones (excluding diaryl/α,β-unsaturated/α-hetero) is 1. The van der Waals surface area contributed by atoms with Gasteiger partial charge in [0.25, 0.3) is 5.91 Å². The highest BCUT2D eigenvalue weighted by molar-refractivity contribution is 6.28. The standard InChI is InChI=1S/C14H13NO4/c1-9(16)15-8-12(18)13(14(15)19)11(17)7-10-5-3-2-4-6-10/h2-6,17H,7-8H2,1H3/b13-11+. The van der Waals surface area contributed by atoms with Gasteiger partial charge in [0.15, 0.2) is 5.78 Å². The summed E-state index contributed by atoms with van der Waals surface area (Å²) in [6.45, 7) is 0.921. The number of nitrogens with zero attached hydrogens (tertiary/aromatic N) is 1. The summed E-state index contributed by atoms with van der Waals surface area (Å²) in [5.41, 5.74) is 0.508. The number of allylic oxidation sites excluding steroid dienone is 1. The third-order valence-corrected chi connectivity index (χ3v) is 2.92. The Bertz CT molecular complexity index is 574. The molecule has 1 aliphatic heterocycles. The molecule has 2 amide bonds. The molecule has 19 heavy (non-hydrogen) atoms. The van der Waals surface area contributed by atoms with Gasteiger partial charge in [0.2, 0.25) is 5.91 Å². The number of carbonyl (C=O) groups excluding carboxylic acids is 3. The average Bonchev–Trinajstić information content (AvgIpc) is 2.66. The van der Waals surface area contributed by atoms with Crippen LogP contribution in [0.5, 0.6) is 0 Å². The van der Waals surface area contributed by atoms with E-state index in [4.69, 9.17) is 0 Å². The van der Waals surface area contributed by atoms with Crippen LogP contribution in [0.1, 0.15) is 12.5 Å². The van der Waals surface area contributed by atoms with Crippen molar-refractivity contribution in [1.82, 2.24) is 4.90 Å². The monoisotopic (exact) mass is 259 g/mol. The number of carbonyl (C=O) groups is 3. The van der Waals surface area contributed by atoms with Gasteiger partial charge in [-0.25, -0.2) is 0 Å². The summed E-state index contributed by atoms with van der Waals surface area (Å²) in [4.78, 5) is 35.6. The van der Waals surface area contributed by atoms with Crippen LogP contribution in [0.4, 0.5) is 0 Å². The number of aliphatic hydroxyl groups excluding tert-OH is 1. The lowest BCUT2D eigenvalue weighted by atomic mass is 10.1. The Morgan fingerprint density at radius 1 is 1.26 bits per heavy atom. The Hall–Kier alpha value is -2.43. The molecular formula is C14H13NO4. The molecule has 1 heterocycles. The fourth-order valence-electron chi connectivity index (χ4n) is 1.96. The van der Waals surface area contributed by atoms with Crippen molar-refractivity contribution >= 4 is 17.6 Å². The highest BCUT2D eigenvalue weighted by Gasteiger charge is 2.38. The van der Waals surface area contributed by atoms with Gasteiger partial charge >= 0.3 is 0 Å². The Labute approximate surface area is 110 Å². The van der Waals surface area contributed by atoms with Crippen LogP contribution in [0.2, 0.25) is 0 Å². The molecule has 0 aliphatic carbocycles. The van der Waals surface area contributed by atoms with Crippen molar-refractivity contribution in [2.75, 3.05) is 6.54 Å². The first kappa shape index (κ1) is 13.0. The number of ketones is 1. The molecule has 1 aromatic carbocycles. The Morgan fingerprint density at radius 2 is 1.89 bits per heavy atom. The topological polar surface area (TPSA) is 74.7 Å². The minimum Gasteiger partial charge on any atom is -0.511 e. The summed E-state index contributed by atoms with van der Waals surface area (Å²) in [6, 6.07) is 8.99. The van der Waals surface area contributed by atoms with Gasteiger partial charge < -0.3 is 5.11 Å². The molecule has 0 saturated carbocycles. The second kappa shape index (κ2) is 5.06. The second-order valence-corrected chi connectivity index (χ2v) is 4.32. The van der Waals surface area contributed by atoms with E-state index in [0.29, 0.717) is 0 Å². The van der Waals surface area contributed by atoms with Crippen molar-refractivity contribution in [3.8, 4) is 0 Å². The lowest BCUT2D eigenvalue weighted by Gasteiger charge is -2.08. The Kier molecular flexibility index (Phi) is 3.46. The first-order valence-electron chi connectivity index (χ1n) is 5.82. The van der Waals surface area contributed by atoms with E-state index in [1.54, 1.807) is 24.3 Å². The summed E-state index contributed by atoms with van der Waals surface area (Å²) < 4.78 is 0. The highest BCUT2D eigenvalue weighted by Crippen LogP contribution is 2.19. The van der Waals surface area contributed by atoms with Crippen molar-refractivity contribution in [3.05, 3.63) is 47.2 Å². The second-order valence-electron chi connectivity index (χ2n) is 4.32. The predicted molar refractivity (Wildman–Crippen MR) is 67.2 cm³/mol. The first-order valence-corrected chi connectivity index (χ1v) is 5.82. The average molecular weight is 259 g/mol. The quantitative estimate of drug-likeness (QED) is 0.488. The van der Waals surface area contributed by atoms with Crippen molar-refractivity contribution in [2.24, 2.45) is 0 Å². The van der Waals surface area contributed by atoms with Crippen LogP contribution in [0.25, 0.3) is 0 Å². The number of likely N-dealkylation sites (tertiary alicyclic amines) is 1. The summed E-state index contributed by atoms with van der Waals surface area (Å²) in [7, 11) is 0. The Balaban J connectivity index is 2.29. The molecule has 0 aromatic heterocycles. The van der Waals surface area contributed by atoms with Gasteiger partial charge in [0, 0.05) is 13.3 Å². The van der Waals surface area contributed by atoms with E-state index in [2.05, 4.69) is 0 Å². The Morgan fingerprint density at radius 3 is 2.42 bits per heavy atom. The van der Waals surface area contributed by atoms with Crippen molar-refractivity contribution < 1.29 is 19.5 Å². The van der Waals surface area contributed by atoms with Crippen LogP contribution < -0.4 is 0 Å². The summed E-state index contributed by atoms with van der Waals surface area (Å²) >= 11 is 0. The molecule has 2 rings (SSSR count). The maximum Gasteiger partial charge on any atom is 0.268 e.